The molecule has 1 aromatic carbocycles. The van der Waals surface area contributed by atoms with Crippen LogP contribution in [-0.2, 0) is 10.0 Å². The molecule has 0 unspecified atom stereocenters. The van der Waals surface area contributed by atoms with Crippen LogP contribution in [0.1, 0.15) is 23.2 Å². The summed E-state index contributed by atoms with van der Waals surface area (Å²) in [6.45, 7) is 1.31. The first-order chi connectivity index (χ1) is 13.4. The number of hydrogen-bond donors (Lipinski definition) is 1. The van der Waals surface area contributed by atoms with Crippen LogP contribution < -0.4 is 9.46 Å². The van der Waals surface area contributed by atoms with Crippen molar-refractivity contribution in [2.24, 2.45) is 5.92 Å². The van der Waals surface area contributed by atoms with Gasteiger partial charge in [-0.05, 0) is 49.1 Å². The van der Waals surface area contributed by atoms with E-state index in [1.807, 2.05) is 0 Å². The van der Waals surface area contributed by atoms with Gasteiger partial charge in [-0.2, -0.15) is 0 Å². The summed E-state index contributed by atoms with van der Waals surface area (Å²) in [5.74, 6) is -0.543. The quantitative estimate of drug-likeness (QED) is 0.792. The van der Waals surface area contributed by atoms with Crippen molar-refractivity contribution < 1.29 is 22.3 Å². The average Bonchev–Trinajstić information content (AvgIpc) is 2.73. The van der Waals surface area contributed by atoms with Crippen LogP contribution in [0.4, 0.5) is 4.39 Å². The number of sulfonamides is 1. The lowest BCUT2D eigenvalue weighted by Crippen LogP contribution is -2.41. The molecule has 0 radical (unpaired) electrons. The fourth-order valence-corrected chi connectivity index (χ4v) is 4.47. The molecule has 1 aliphatic heterocycles. The van der Waals surface area contributed by atoms with E-state index in [1.54, 1.807) is 23.2 Å². The van der Waals surface area contributed by atoms with Gasteiger partial charge in [0.15, 0.2) is 0 Å². The lowest BCUT2D eigenvalue weighted by atomic mass is 9.97. The van der Waals surface area contributed by atoms with Crippen molar-refractivity contribution in [2.75, 3.05) is 26.7 Å². The Labute approximate surface area is 163 Å². The number of hydrogen-bond acceptors (Lipinski definition) is 5. The molecule has 0 bridgehead atoms. The van der Waals surface area contributed by atoms with Crippen LogP contribution in [0.2, 0.25) is 0 Å². The van der Waals surface area contributed by atoms with Gasteiger partial charge in [-0.3, -0.25) is 9.78 Å². The van der Waals surface area contributed by atoms with Crippen molar-refractivity contribution in [1.82, 2.24) is 14.6 Å². The van der Waals surface area contributed by atoms with Gasteiger partial charge in [0.05, 0.1) is 12.7 Å². The standard InChI is InChI=1S/C19H22FN3O4S/c1-27-17-5-4-16(20)11-18(17)28(25,26)22-12-14-6-9-23(10-7-14)19(24)15-3-2-8-21-13-15/h2-5,8,11,13-14,22H,6-7,9-10,12H2,1H3. The normalized spacial score (nSPS) is 15.4. The molecular weight excluding hydrogens is 385 g/mol. The first-order valence-corrected chi connectivity index (χ1v) is 10.4. The SMILES string of the molecule is COc1ccc(F)cc1S(=O)(=O)NCC1CCN(C(=O)c2cccnc2)CC1. The molecule has 3 rings (SSSR count). The Kier molecular flexibility index (Phi) is 6.25. The zero-order valence-corrected chi connectivity index (χ0v) is 16.3. The van der Waals surface area contributed by atoms with E-state index in [-0.39, 0.29) is 29.0 Å². The summed E-state index contributed by atoms with van der Waals surface area (Å²) in [4.78, 5) is 17.9. The van der Waals surface area contributed by atoms with E-state index in [9.17, 15) is 17.6 Å². The monoisotopic (exact) mass is 407 g/mol. The zero-order chi connectivity index (χ0) is 20.1. The molecule has 9 heteroatoms. The maximum atomic E-state index is 13.5. The number of likely N-dealkylation sites (tertiary alicyclic amines) is 1. The third-order valence-corrected chi connectivity index (χ3v) is 6.23. The van der Waals surface area contributed by atoms with Crippen molar-refractivity contribution in [3.63, 3.8) is 0 Å². The molecular formula is C19H22FN3O4S. The number of carbonyl (C=O) groups is 1. The van der Waals surface area contributed by atoms with E-state index in [0.29, 0.717) is 31.5 Å². The molecule has 0 aliphatic carbocycles. The Morgan fingerprint density at radius 2 is 2.07 bits per heavy atom. The van der Waals surface area contributed by atoms with Gasteiger partial charge in [0.1, 0.15) is 16.5 Å². The summed E-state index contributed by atoms with van der Waals surface area (Å²) in [6, 6.07) is 6.81. The maximum absolute atomic E-state index is 13.5. The lowest BCUT2D eigenvalue weighted by Gasteiger charge is -2.32. The summed E-state index contributed by atoms with van der Waals surface area (Å²) < 4.78 is 46.1. The molecule has 2 aromatic rings. The number of carbonyl (C=O) groups excluding carboxylic acids is 1. The van der Waals surface area contributed by atoms with Crippen molar-refractivity contribution >= 4 is 15.9 Å². The number of ether oxygens (including phenoxy) is 1. The molecule has 1 aliphatic rings. The van der Waals surface area contributed by atoms with E-state index in [1.165, 1.54) is 19.4 Å². The molecule has 1 aromatic heterocycles. The first-order valence-electron chi connectivity index (χ1n) is 8.93. The van der Waals surface area contributed by atoms with Gasteiger partial charge < -0.3 is 9.64 Å². The molecule has 0 atom stereocenters. The van der Waals surface area contributed by atoms with Gasteiger partial charge in [0.2, 0.25) is 10.0 Å². The highest BCUT2D eigenvalue weighted by molar-refractivity contribution is 7.89. The number of methoxy groups -OCH3 is 1. The molecule has 28 heavy (non-hydrogen) atoms. The van der Waals surface area contributed by atoms with Crippen LogP contribution in [-0.4, -0.2) is 51.0 Å². The highest BCUT2D eigenvalue weighted by atomic mass is 32.2. The molecule has 1 fully saturated rings. The molecule has 1 saturated heterocycles. The van der Waals surface area contributed by atoms with Crippen LogP contribution in [0.5, 0.6) is 5.75 Å². The van der Waals surface area contributed by atoms with Gasteiger partial charge in [0.25, 0.3) is 5.91 Å². The maximum Gasteiger partial charge on any atom is 0.255 e. The molecule has 1 N–H and O–H groups in total. The number of benzene rings is 1. The van der Waals surface area contributed by atoms with Crippen molar-refractivity contribution in [2.45, 2.75) is 17.7 Å². The minimum absolute atomic E-state index is 0.0726. The fourth-order valence-electron chi connectivity index (χ4n) is 3.18. The summed E-state index contributed by atoms with van der Waals surface area (Å²) in [7, 11) is -2.57. The van der Waals surface area contributed by atoms with Gasteiger partial charge in [-0.25, -0.2) is 17.5 Å². The van der Waals surface area contributed by atoms with Crippen LogP contribution in [0.15, 0.2) is 47.6 Å². The Morgan fingerprint density at radius 1 is 1.32 bits per heavy atom. The summed E-state index contributed by atoms with van der Waals surface area (Å²) in [5.41, 5.74) is 0.542. The highest BCUT2D eigenvalue weighted by Crippen LogP contribution is 2.25. The minimum Gasteiger partial charge on any atom is -0.495 e. The number of nitrogens with zero attached hydrogens (tertiary/aromatic N) is 2. The minimum atomic E-state index is -3.90. The number of pyridine rings is 1. The molecule has 1 amide bonds. The average molecular weight is 407 g/mol. The topological polar surface area (TPSA) is 88.6 Å². The predicted octanol–water partition coefficient (Wildman–Crippen LogP) is 2.06. The molecule has 7 nitrogen and oxygen atoms in total. The lowest BCUT2D eigenvalue weighted by molar-refractivity contribution is 0.0691. The summed E-state index contributed by atoms with van der Waals surface area (Å²) >= 11 is 0. The first kappa shape index (κ1) is 20.2. The Morgan fingerprint density at radius 3 is 2.71 bits per heavy atom. The molecule has 0 saturated carbocycles. The number of halogens is 1. The fraction of sp³-hybridized carbons (Fsp3) is 0.368. The molecule has 2 heterocycles. The van der Waals surface area contributed by atoms with Crippen molar-refractivity contribution in [3.8, 4) is 5.75 Å². The van der Waals surface area contributed by atoms with Crippen LogP contribution in [0.3, 0.4) is 0 Å². The third kappa shape index (κ3) is 4.66. The van der Waals surface area contributed by atoms with Crippen LogP contribution in [0.25, 0.3) is 0 Å². The predicted molar refractivity (Wildman–Crippen MR) is 101 cm³/mol. The zero-order valence-electron chi connectivity index (χ0n) is 15.5. The second kappa shape index (κ2) is 8.66. The second-order valence-corrected chi connectivity index (χ2v) is 8.36. The van der Waals surface area contributed by atoms with E-state index in [4.69, 9.17) is 4.74 Å². The number of aromatic nitrogens is 1. The number of piperidine rings is 1. The van der Waals surface area contributed by atoms with E-state index in [2.05, 4.69) is 9.71 Å². The van der Waals surface area contributed by atoms with Crippen LogP contribution in [0, 0.1) is 11.7 Å². The van der Waals surface area contributed by atoms with E-state index >= 15 is 0 Å². The Hall–Kier alpha value is -2.52. The van der Waals surface area contributed by atoms with Crippen molar-refractivity contribution in [3.05, 3.63) is 54.1 Å². The summed E-state index contributed by atoms with van der Waals surface area (Å²) in [5, 5.41) is 0. The summed E-state index contributed by atoms with van der Waals surface area (Å²) in [6.07, 6.45) is 4.50. The van der Waals surface area contributed by atoms with Gasteiger partial charge in [0, 0.05) is 32.0 Å². The van der Waals surface area contributed by atoms with Crippen LogP contribution >= 0.6 is 0 Å². The number of amides is 1. The highest BCUT2D eigenvalue weighted by Gasteiger charge is 2.26. The van der Waals surface area contributed by atoms with E-state index in [0.717, 1.165) is 12.1 Å². The smallest absolute Gasteiger partial charge is 0.255 e. The Balaban J connectivity index is 1.57. The number of nitrogens with one attached hydrogen (secondary N) is 1. The largest absolute Gasteiger partial charge is 0.495 e. The third-order valence-electron chi connectivity index (χ3n) is 4.79. The van der Waals surface area contributed by atoms with E-state index < -0.39 is 15.8 Å². The second-order valence-electron chi connectivity index (χ2n) is 6.62. The molecule has 0 spiro atoms. The molecule has 150 valence electrons. The van der Waals surface area contributed by atoms with Gasteiger partial charge in [-0.15, -0.1) is 0 Å². The van der Waals surface area contributed by atoms with Gasteiger partial charge >= 0.3 is 0 Å². The Bertz CT molecular complexity index is 929. The van der Waals surface area contributed by atoms with Crippen molar-refractivity contribution in [1.29, 1.82) is 0 Å². The van der Waals surface area contributed by atoms with Gasteiger partial charge in [-0.1, -0.05) is 0 Å². The number of rotatable bonds is 6.